The molecule has 0 fully saturated rings. The minimum atomic E-state index is -0.382. The number of amides is 1. The van der Waals surface area contributed by atoms with Crippen molar-refractivity contribution in [3.8, 4) is 5.75 Å². The fraction of sp³-hybridized carbons (Fsp3) is 0.188. The fourth-order valence-corrected chi connectivity index (χ4v) is 1.75. The molecule has 1 N–H and O–H groups in total. The summed E-state index contributed by atoms with van der Waals surface area (Å²) in [5.41, 5.74) is 1.17. The van der Waals surface area contributed by atoms with E-state index in [0.717, 1.165) is 6.42 Å². The maximum Gasteiger partial charge on any atom is 0.257 e. The molecule has 0 saturated carbocycles. The second-order valence-electron chi connectivity index (χ2n) is 4.33. The normalized spacial score (nSPS) is 10.1. The van der Waals surface area contributed by atoms with Gasteiger partial charge in [0.15, 0.2) is 6.61 Å². The highest BCUT2D eigenvalue weighted by atomic mass is 19.1. The van der Waals surface area contributed by atoms with Crippen LogP contribution >= 0.6 is 0 Å². The van der Waals surface area contributed by atoms with Crippen LogP contribution in [0.4, 0.5) is 4.39 Å². The third-order valence-corrected chi connectivity index (χ3v) is 2.74. The molecule has 0 aromatic heterocycles. The number of rotatable bonds is 6. The van der Waals surface area contributed by atoms with Crippen LogP contribution in [0.15, 0.2) is 54.6 Å². The van der Waals surface area contributed by atoms with Gasteiger partial charge in [-0.05, 0) is 24.1 Å². The van der Waals surface area contributed by atoms with E-state index in [9.17, 15) is 9.18 Å². The van der Waals surface area contributed by atoms with E-state index < -0.39 is 0 Å². The average Bonchev–Trinajstić information content (AvgIpc) is 2.46. The molecule has 0 aliphatic rings. The van der Waals surface area contributed by atoms with Crippen molar-refractivity contribution >= 4 is 5.91 Å². The van der Waals surface area contributed by atoms with Crippen LogP contribution in [0, 0.1) is 5.82 Å². The lowest BCUT2D eigenvalue weighted by Crippen LogP contribution is -2.30. The van der Waals surface area contributed by atoms with Crippen LogP contribution in [-0.4, -0.2) is 19.1 Å². The van der Waals surface area contributed by atoms with Crippen molar-refractivity contribution in [3.05, 3.63) is 66.0 Å². The Morgan fingerprint density at radius 3 is 2.65 bits per heavy atom. The SMILES string of the molecule is O=C(COc1cccc(F)c1)NCCc1ccccc1. The van der Waals surface area contributed by atoms with Gasteiger partial charge in [-0.3, -0.25) is 4.79 Å². The van der Waals surface area contributed by atoms with Crippen molar-refractivity contribution in [2.45, 2.75) is 6.42 Å². The van der Waals surface area contributed by atoms with Crippen molar-refractivity contribution < 1.29 is 13.9 Å². The molecule has 20 heavy (non-hydrogen) atoms. The van der Waals surface area contributed by atoms with Crippen molar-refractivity contribution in [1.82, 2.24) is 5.32 Å². The van der Waals surface area contributed by atoms with Gasteiger partial charge in [0.05, 0.1) is 0 Å². The minimum absolute atomic E-state index is 0.113. The van der Waals surface area contributed by atoms with Crippen molar-refractivity contribution in [2.75, 3.05) is 13.2 Å². The van der Waals surface area contributed by atoms with Crippen LogP contribution in [0.3, 0.4) is 0 Å². The van der Waals surface area contributed by atoms with E-state index >= 15 is 0 Å². The molecule has 2 rings (SSSR count). The highest BCUT2D eigenvalue weighted by molar-refractivity contribution is 5.77. The number of benzene rings is 2. The third kappa shape index (κ3) is 4.72. The van der Waals surface area contributed by atoms with Crippen molar-refractivity contribution in [2.24, 2.45) is 0 Å². The summed E-state index contributed by atoms with van der Waals surface area (Å²) in [5, 5.41) is 2.76. The molecule has 4 heteroatoms. The maximum atomic E-state index is 12.9. The number of hydrogen-bond acceptors (Lipinski definition) is 2. The molecule has 0 aliphatic heterocycles. The van der Waals surface area contributed by atoms with Gasteiger partial charge in [-0.2, -0.15) is 0 Å². The van der Waals surface area contributed by atoms with Gasteiger partial charge in [-0.25, -0.2) is 4.39 Å². The van der Waals surface area contributed by atoms with E-state index in [4.69, 9.17) is 4.74 Å². The monoisotopic (exact) mass is 273 g/mol. The Balaban J connectivity index is 1.68. The summed E-state index contributed by atoms with van der Waals surface area (Å²) in [6.07, 6.45) is 0.770. The number of hydrogen-bond donors (Lipinski definition) is 1. The molecule has 2 aromatic rings. The van der Waals surface area contributed by atoms with Gasteiger partial charge in [0, 0.05) is 12.6 Å². The molecule has 0 spiro atoms. The molecule has 0 atom stereocenters. The Hall–Kier alpha value is -2.36. The van der Waals surface area contributed by atoms with Gasteiger partial charge < -0.3 is 10.1 Å². The van der Waals surface area contributed by atoms with Crippen molar-refractivity contribution in [1.29, 1.82) is 0 Å². The van der Waals surface area contributed by atoms with Gasteiger partial charge in [0.25, 0.3) is 5.91 Å². The molecule has 1 amide bonds. The van der Waals surface area contributed by atoms with E-state index in [2.05, 4.69) is 5.32 Å². The second-order valence-corrected chi connectivity index (χ2v) is 4.33. The summed E-state index contributed by atoms with van der Waals surface area (Å²) in [7, 11) is 0. The van der Waals surface area contributed by atoms with E-state index in [1.165, 1.54) is 23.8 Å². The largest absolute Gasteiger partial charge is 0.484 e. The van der Waals surface area contributed by atoms with Gasteiger partial charge in [0.2, 0.25) is 0 Å². The third-order valence-electron chi connectivity index (χ3n) is 2.74. The summed E-state index contributed by atoms with van der Waals surface area (Å²) in [6, 6.07) is 15.6. The molecule has 0 saturated heterocycles. The zero-order valence-electron chi connectivity index (χ0n) is 11.0. The van der Waals surface area contributed by atoms with Crippen LogP contribution in [0.25, 0.3) is 0 Å². The van der Waals surface area contributed by atoms with Crippen LogP contribution in [0.5, 0.6) is 5.75 Å². The molecule has 104 valence electrons. The highest BCUT2D eigenvalue weighted by Gasteiger charge is 2.03. The standard InChI is InChI=1S/C16H16FNO2/c17-14-7-4-8-15(11-14)20-12-16(19)18-10-9-13-5-2-1-3-6-13/h1-8,11H,9-10,12H2,(H,18,19). The predicted octanol–water partition coefficient (Wildman–Crippen LogP) is 2.56. The Labute approximate surface area is 117 Å². The first-order chi connectivity index (χ1) is 9.74. The van der Waals surface area contributed by atoms with E-state index in [1.54, 1.807) is 6.07 Å². The lowest BCUT2D eigenvalue weighted by Gasteiger charge is -2.07. The lowest BCUT2D eigenvalue weighted by atomic mass is 10.1. The van der Waals surface area contributed by atoms with E-state index in [0.29, 0.717) is 12.3 Å². The van der Waals surface area contributed by atoms with Crippen LogP contribution < -0.4 is 10.1 Å². The first-order valence-corrected chi connectivity index (χ1v) is 6.43. The molecule has 0 bridgehead atoms. The van der Waals surface area contributed by atoms with Crippen LogP contribution in [0.1, 0.15) is 5.56 Å². The number of ether oxygens (including phenoxy) is 1. The maximum absolute atomic E-state index is 12.9. The number of carbonyl (C=O) groups is 1. The molecule has 3 nitrogen and oxygen atoms in total. The summed E-state index contributed by atoms with van der Waals surface area (Å²) < 4.78 is 18.1. The van der Waals surface area contributed by atoms with Gasteiger partial charge in [0.1, 0.15) is 11.6 Å². The first kappa shape index (κ1) is 14.1. The Bertz CT molecular complexity index is 557. The average molecular weight is 273 g/mol. The minimum Gasteiger partial charge on any atom is -0.484 e. The van der Waals surface area contributed by atoms with E-state index in [1.807, 2.05) is 30.3 Å². The van der Waals surface area contributed by atoms with Gasteiger partial charge in [-0.15, -0.1) is 0 Å². The number of carbonyl (C=O) groups excluding carboxylic acids is 1. The smallest absolute Gasteiger partial charge is 0.257 e. The Kier molecular flexibility index (Phi) is 5.12. The lowest BCUT2D eigenvalue weighted by molar-refractivity contribution is -0.123. The van der Waals surface area contributed by atoms with Gasteiger partial charge >= 0.3 is 0 Å². The molecular weight excluding hydrogens is 257 g/mol. The molecule has 0 radical (unpaired) electrons. The molecular formula is C16H16FNO2. The summed E-state index contributed by atoms with van der Waals surface area (Å²) >= 11 is 0. The second kappa shape index (κ2) is 7.28. The topological polar surface area (TPSA) is 38.3 Å². The Morgan fingerprint density at radius 2 is 1.90 bits per heavy atom. The van der Waals surface area contributed by atoms with E-state index in [-0.39, 0.29) is 18.3 Å². The highest BCUT2D eigenvalue weighted by Crippen LogP contribution is 2.11. The summed E-state index contributed by atoms with van der Waals surface area (Å²) in [5.74, 6) is -0.250. The quantitative estimate of drug-likeness (QED) is 0.878. The summed E-state index contributed by atoms with van der Waals surface area (Å²) in [4.78, 5) is 11.6. The Morgan fingerprint density at radius 1 is 1.10 bits per heavy atom. The number of nitrogens with one attached hydrogen (secondary N) is 1. The molecule has 0 unspecified atom stereocenters. The summed E-state index contributed by atoms with van der Waals surface area (Å²) in [6.45, 7) is 0.438. The molecule has 2 aromatic carbocycles. The van der Waals surface area contributed by atoms with Crippen LogP contribution in [-0.2, 0) is 11.2 Å². The predicted molar refractivity (Wildman–Crippen MR) is 75.1 cm³/mol. The molecule has 0 aliphatic carbocycles. The van der Waals surface area contributed by atoms with Gasteiger partial charge in [-0.1, -0.05) is 36.4 Å². The van der Waals surface area contributed by atoms with Crippen LogP contribution in [0.2, 0.25) is 0 Å². The zero-order chi connectivity index (χ0) is 14.2. The fourth-order valence-electron chi connectivity index (χ4n) is 1.75. The first-order valence-electron chi connectivity index (χ1n) is 6.43. The zero-order valence-corrected chi connectivity index (χ0v) is 11.0. The number of halogens is 1. The molecule has 0 heterocycles. The van der Waals surface area contributed by atoms with Crippen molar-refractivity contribution in [3.63, 3.8) is 0 Å².